The molecule has 0 saturated heterocycles. The van der Waals surface area contributed by atoms with Crippen LogP contribution in [0, 0.1) is 5.92 Å². The van der Waals surface area contributed by atoms with Crippen LogP contribution in [0.3, 0.4) is 0 Å². The van der Waals surface area contributed by atoms with E-state index in [0.717, 1.165) is 11.3 Å². The maximum atomic E-state index is 12.5. The summed E-state index contributed by atoms with van der Waals surface area (Å²) in [5.74, 6) is -0.198. The number of anilines is 1. The van der Waals surface area contributed by atoms with E-state index in [2.05, 4.69) is 20.6 Å². The van der Waals surface area contributed by atoms with E-state index < -0.39 is 11.8 Å². The number of hydrogen-bond donors (Lipinski definition) is 2. The first-order valence-corrected chi connectivity index (χ1v) is 10.1. The highest BCUT2D eigenvalue weighted by atomic mass is 16.2. The molecule has 1 saturated carbocycles. The van der Waals surface area contributed by atoms with Crippen LogP contribution in [-0.4, -0.2) is 53.2 Å². The maximum Gasteiger partial charge on any atom is 0.314 e. The quantitative estimate of drug-likeness (QED) is 0.735. The number of hydrogen-bond acceptors (Lipinski definition) is 4. The molecule has 1 aromatic heterocycles. The van der Waals surface area contributed by atoms with Crippen molar-refractivity contribution in [3.05, 3.63) is 36.4 Å². The normalized spacial score (nSPS) is 15.2. The highest BCUT2D eigenvalue weighted by molar-refractivity contribution is 6.39. The van der Waals surface area contributed by atoms with Crippen LogP contribution in [0.1, 0.15) is 33.6 Å². The summed E-state index contributed by atoms with van der Waals surface area (Å²) in [4.78, 5) is 27.0. The maximum absolute atomic E-state index is 12.5. The number of rotatable bonds is 6. The van der Waals surface area contributed by atoms with Crippen LogP contribution in [0.4, 0.5) is 5.82 Å². The lowest BCUT2D eigenvalue weighted by Crippen LogP contribution is -2.45. The first-order chi connectivity index (χ1) is 13.7. The summed E-state index contributed by atoms with van der Waals surface area (Å²) in [6.07, 6.45) is 2.36. The lowest BCUT2D eigenvalue weighted by molar-refractivity contribution is -0.136. The third kappa shape index (κ3) is 5.23. The molecular formula is C22H31N5O2. The van der Waals surface area contributed by atoms with Crippen molar-refractivity contribution >= 4 is 17.6 Å². The Kier molecular flexibility index (Phi) is 6.07. The molecule has 0 radical (unpaired) electrons. The van der Waals surface area contributed by atoms with E-state index in [1.165, 1.54) is 12.8 Å². The van der Waals surface area contributed by atoms with Crippen LogP contribution in [0.2, 0.25) is 0 Å². The van der Waals surface area contributed by atoms with Gasteiger partial charge in [0.1, 0.15) is 5.82 Å². The van der Waals surface area contributed by atoms with Gasteiger partial charge in [0.25, 0.3) is 0 Å². The van der Waals surface area contributed by atoms with E-state index in [1.54, 1.807) is 10.7 Å². The zero-order chi connectivity index (χ0) is 21.2. The number of carbonyl (C=O) groups is 2. The van der Waals surface area contributed by atoms with Crippen LogP contribution < -0.4 is 10.6 Å². The Hall–Kier alpha value is -2.67. The van der Waals surface area contributed by atoms with Crippen LogP contribution in [-0.2, 0) is 15.1 Å². The Labute approximate surface area is 172 Å². The largest absolute Gasteiger partial charge is 0.346 e. The standard InChI is InChI=1S/C22H31N5O2/c1-22(2,3)27-19(13-17(25-27)15-9-7-6-8-10-15)24-21(29)20(28)23-14-18(26(4)5)16-11-12-16/h6-10,13,16,18H,11-12,14H2,1-5H3,(H,23,28)(H,24,29). The van der Waals surface area contributed by atoms with Crippen molar-refractivity contribution in [2.24, 2.45) is 5.92 Å². The van der Waals surface area contributed by atoms with Crippen molar-refractivity contribution in [1.29, 1.82) is 0 Å². The Morgan fingerprint density at radius 3 is 2.38 bits per heavy atom. The molecule has 1 atom stereocenters. The van der Waals surface area contributed by atoms with Crippen molar-refractivity contribution in [2.75, 3.05) is 26.0 Å². The summed E-state index contributed by atoms with van der Waals surface area (Å²) < 4.78 is 1.74. The average molecular weight is 398 g/mol. The third-order valence-corrected chi connectivity index (χ3v) is 5.16. The Balaban J connectivity index is 1.71. The van der Waals surface area contributed by atoms with Gasteiger partial charge in [-0.3, -0.25) is 9.59 Å². The molecule has 1 unspecified atom stereocenters. The molecule has 3 rings (SSSR count). The summed E-state index contributed by atoms with van der Waals surface area (Å²) >= 11 is 0. The fourth-order valence-corrected chi connectivity index (χ4v) is 3.43. The van der Waals surface area contributed by atoms with Crippen LogP contribution >= 0.6 is 0 Å². The SMILES string of the molecule is CN(C)C(CNC(=O)C(=O)Nc1cc(-c2ccccc2)nn1C(C)(C)C)C1CC1. The summed E-state index contributed by atoms with van der Waals surface area (Å²) in [6.45, 7) is 6.48. The number of benzene rings is 1. The van der Waals surface area contributed by atoms with Crippen LogP contribution in [0.15, 0.2) is 36.4 Å². The second-order valence-electron chi connectivity index (χ2n) is 8.90. The molecule has 7 heteroatoms. The van der Waals surface area contributed by atoms with E-state index in [1.807, 2.05) is 65.2 Å². The van der Waals surface area contributed by atoms with Gasteiger partial charge in [-0.15, -0.1) is 0 Å². The lowest BCUT2D eigenvalue weighted by Gasteiger charge is -2.24. The molecule has 2 amide bonds. The van der Waals surface area contributed by atoms with Gasteiger partial charge in [-0.2, -0.15) is 5.10 Å². The molecule has 7 nitrogen and oxygen atoms in total. The number of aromatic nitrogens is 2. The first-order valence-electron chi connectivity index (χ1n) is 10.1. The fourth-order valence-electron chi connectivity index (χ4n) is 3.43. The average Bonchev–Trinajstić information content (AvgIpc) is 3.40. The number of carbonyl (C=O) groups excluding carboxylic acids is 2. The highest BCUT2D eigenvalue weighted by Crippen LogP contribution is 2.34. The molecule has 1 fully saturated rings. The molecule has 1 heterocycles. The zero-order valence-corrected chi connectivity index (χ0v) is 17.9. The van der Waals surface area contributed by atoms with Gasteiger partial charge in [0.2, 0.25) is 0 Å². The van der Waals surface area contributed by atoms with E-state index >= 15 is 0 Å². The van der Waals surface area contributed by atoms with Crippen molar-refractivity contribution in [2.45, 2.75) is 45.2 Å². The number of nitrogens with zero attached hydrogens (tertiary/aromatic N) is 3. The second-order valence-corrected chi connectivity index (χ2v) is 8.90. The van der Waals surface area contributed by atoms with E-state index in [9.17, 15) is 9.59 Å². The zero-order valence-electron chi connectivity index (χ0n) is 17.9. The predicted molar refractivity (Wildman–Crippen MR) is 114 cm³/mol. The molecule has 156 valence electrons. The third-order valence-electron chi connectivity index (χ3n) is 5.16. The first kappa shape index (κ1) is 21.0. The minimum absolute atomic E-state index is 0.261. The van der Waals surface area contributed by atoms with Gasteiger partial charge in [0.15, 0.2) is 0 Å². The number of amides is 2. The van der Waals surface area contributed by atoms with E-state index in [0.29, 0.717) is 18.3 Å². The molecule has 1 aliphatic rings. The molecule has 1 aliphatic carbocycles. The minimum Gasteiger partial charge on any atom is -0.346 e. The van der Waals surface area contributed by atoms with E-state index in [4.69, 9.17) is 0 Å². The molecule has 1 aromatic carbocycles. The summed E-state index contributed by atoms with van der Waals surface area (Å²) in [5, 5.41) is 10.2. The molecule has 29 heavy (non-hydrogen) atoms. The molecule has 2 aromatic rings. The fraction of sp³-hybridized carbons (Fsp3) is 0.500. The molecule has 0 bridgehead atoms. The Morgan fingerprint density at radius 2 is 1.83 bits per heavy atom. The minimum atomic E-state index is -0.677. The highest BCUT2D eigenvalue weighted by Gasteiger charge is 2.33. The molecule has 0 aliphatic heterocycles. The van der Waals surface area contributed by atoms with E-state index in [-0.39, 0.29) is 11.6 Å². The van der Waals surface area contributed by atoms with Gasteiger partial charge in [-0.1, -0.05) is 30.3 Å². The Morgan fingerprint density at radius 1 is 1.17 bits per heavy atom. The topological polar surface area (TPSA) is 79.3 Å². The van der Waals surface area contributed by atoms with Crippen LogP contribution in [0.5, 0.6) is 0 Å². The van der Waals surface area contributed by atoms with Crippen molar-refractivity contribution < 1.29 is 9.59 Å². The number of nitrogens with one attached hydrogen (secondary N) is 2. The summed E-state index contributed by atoms with van der Waals surface area (Å²) in [6, 6.07) is 11.8. The summed E-state index contributed by atoms with van der Waals surface area (Å²) in [7, 11) is 4.00. The van der Waals surface area contributed by atoms with Crippen molar-refractivity contribution in [3.8, 4) is 11.3 Å². The van der Waals surface area contributed by atoms with Gasteiger partial charge in [-0.05, 0) is 53.6 Å². The Bertz CT molecular complexity index is 861. The monoisotopic (exact) mass is 397 g/mol. The number of likely N-dealkylation sites (N-methyl/N-ethyl adjacent to an activating group) is 1. The van der Waals surface area contributed by atoms with Gasteiger partial charge in [0.05, 0.1) is 11.2 Å². The molecule has 2 N–H and O–H groups in total. The van der Waals surface area contributed by atoms with Gasteiger partial charge < -0.3 is 15.5 Å². The van der Waals surface area contributed by atoms with Crippen molar-refractivity contribution in [1.82, 2.24) is 20.0 Å². The molecule has 0 spiro atoms. The molecular weight excluding hydrogens is 366 g/mol. The second kappa shape index (κ2) is 8.37. The smallest absolute Gasteiger partial charge is 0.314 e. The lowest BCUT2D eigenvalue weighted by atomic mass is 10.1. The van der Waals surface area contributed by atoms with Gasteiger partial charge in [-0.25, -0.2) is 4.68 Å². The predicted octanol–water partition coefficient (Wildman–Crippen LogP) is 2.70. The van der Waals surface area contributed by atoms with Gasteiger partial charge >= 0.3 is 11.8 Å². The van der Waals surface area contributed by atoms with Crippen LogP contribution in [0.25, 0.3) is 11.3 Å². The van der Waals surface area contributed by atoms with Gasteiger partial charge in [0, 0.05) is 24.2 Å². The summed E-state index contributed by atoms with van der Waals surface area (Å²) in [5.41, 5.74) is 1.35. The van der Waals surface area contributed by atoms with Crippen molar-refractivity contribution in [3.63, 3.8) is 0 Å².